The van der Waals surface area contributed by atoms with Gasteiger partial charge in [0.15, 0.2) is 0 Å². The molecule has 1 atom stereocenters. The lowest BCUT2D eigenvalue weighted by Crippen LogP contribution is -2.39. The van der Waals surface area contributed by atoms with Crippen LogP contribution in [0.2, 0.25) is 0 Å². The van der Waals surface area contributed by atoms with Crippen LogP contribution in [0.3, 0.4) is 0 Å². The Morgan fingerprint density at radius 2 is 2.09 bits per heavy atom. The predicted octanol–water partition coefficient (Wildman–Crippen LogP) is 4.86. The molecule has 1 aliphatic heterocycles. The molecular formula is C19H31NO2. The number of ether oxygens (including phenoxy) is 2. The molecule has 2 rings (SSSR count). The first-order chi connectivity index (χ1) is 10.4. The molecule has 22 heavy (non-hydrogen) atoms. The Balaban J connectivity index is 2.13. The van der Waals surface area contributed by atoms with Gasteiger partial charge in [-0.3, -0.25) is 0 Å². The van der Waals surface area contributed by atoms with Gasteiger partial charge < -0.3 is 14.8 Å². The van der Waals surface area contributed by atoms with Crippen molar-refractivity contribution in [1.29, 1.82) is 0 Å². The zero-order valence-electron chi connectivity index (χ0n) is 14.7. The van der Waals surface area contributed by atoms with E-state index in [4.69, 9.17) is 9.47 Å². The summed E-state index contributed by atoms with van der Waals surface area (Å²) in [7, 11) is 0. The Labute approximate surface area is 135 Å². The summed E-state index contributed by atoms with van der Waals surface area (Å²) >= 11 is 0. The highest BCUT2D eigenvalue weighted by Crippen LogP contribution is 2.41. The number of benzene rings is 1. The molecule has 0 amide bonds. The highest BCUT2D eigenvalue weighted by Gasteiger charge is 2.33. The average molecular weight is 305 g/mol. The molecule has 0 saturated heterocycles. The minimum absolute atomic E-state index is 0.147. The van der Waals surface area contributed by atoms with Gasteiger partial charge >= 0.3 is 0 Å². The second-order valence-corrected chi connectivity index (χ2v) is 7.15. The number of unbranched alkanes of at least 4 members (excludes halogenated alkanes) is 2. The van der Waals surface area contributed by atoms with Crippen LogP contribution >= 0.6 is 0 Å². The van der Waals surface area contributed by atoms with E-state index >= 15 is 0 Å². The van der Waals surface area contributed by atoms with E-state index in [2.05, 4.69) is 38.2 Å². The van der Waals surface area contributed by atoms with Crippen LogP contribution in [-0.2, 0) is 0 Å². The molecule has 0 saturated carbocycles. The van der Waals surface area contributed by atoms with Crippen LogP contribution in [0.5, 0.6) is 11.5 Å². The molecule has 1 aromatic carbocycles. The summed E-state index contributed by atoms with van der Waals surface area (Å²) in [5, 5.41) is 3.71. The van der Waals surface area contributed by atoms with E-state index in [1.807, 2.05) is 19.9 Å². The number of nitrogens with one attached hydrogen (secondary N) is 1. The maximum atomic E-state index is 6.18. The summed E-state index contributed by atoms with van der Waals surface area (Å²) in [6.07, 6.45) is 4.95. The Hall–Kier alpha value is -1.22. The summed E-state index contributed by atoms with van der Waals surface area (Å²) in [4.78, 5) is 0. The number of hydrogen-bond donors (Lipinski definition) is 1. The van der Waals surface area contributed by atoms with Crippen LogP contribution in [0.15, 0.2) is 18.2 Å². The molecule has 0 bridgehead atoms. The van der Waals surface area contributed by atoms with Crippen LogP contribution in [0.1, 0.15) is 71.9 Å². The molecule has 0 fully saturated rings. The van der Waals surface area contributed by atoms with Gasteiger partial charge in [0.05, 0.1) is 6.10 Å². The second-order valence-electron chi connectivity index (χ2n) is 7.15. The summed E-state index contributed by atoms with van der Waals surface area (Å²) in [5.41, 5.74) is 1.11. The second kappa shape index (κ2) is 7.36. The lowest BCUT2D eigenvalue weighted by atomic mass is 9.89. The Morgan fingerprint density at radius 1 is 1.32 bits per heavy atom. The molecule has 0 aliphatic carbocycles. The first-order valence-electron chi connectivity index (χ1n) is 8.64. The van der Waals surface area contributed by atoms with Gasteiger partial charge in [-0.15, -0.1) is 0 Å². The van der Waals surface area contributed by atoms with Crippen LogP contribution in [0.4, 0.5) is 0 Å². The van der Waals surface area contributed by atoms with E-state index in [0.717, 1.165) is 24.5 Å². The van der Waals surface area contributed by atoms with Crippen LogP contribution in [-0.4, -0.2) is 18.2 Å². The van der Waals surface area contributed by atoms with Gasteiger partial charge in [-0.25, -0.2) is 0 Å². The van der Waals surface area contributed by atoms with Gasteiger partial charge in [0.25, 0.3) is 0 Å². The zero-order chi connectivity index (χ0) is 16.2. The van der Waals surface area contributed by atoms with Gasteiger partial charge in [-0.1, -0.05) is 25.8 Å². The minimum Gasteiger partial charge on any atom is -0.491 e. The Bertz CT molecular complexity index is 482. The van der Waals surface area contributed by atoms with Crippen molar-refractivity contribution in [2.75, 3.05) is 6.54 Å². The van der Waals surface area contributed by atoms with E-state index in [9.17, 15) is 0 Å². The monoisotopic (exact) mass is 305 g/mol. The van der Waals surface area contributed by atoms with E-state index < -0.39 is 0 Å². The van der Waals surface area contributed by atoms with Crippen LogP contribution < -0.4 is 14.8 Å². The van der Waals surface area contributed by atoms with E-state index in [1.54, 1.807) is 0 Å². The zero-order valence-corrected chi connectivity index (χ0v) is 14.7. The standard InChI is InChI=1S/C19H31NO2/c1-6-7-8-11-20-17-13-19(4,5)22-18-12-15(21-14(2)3)9-10-16(17)18/h9-10,12,14,17,20H,6-8,11,13H2,1-5H3. The summed E-state index contributed by atoms with van der Waals surface area (Å²) in [5.74, 6) is 1.85. The third kappa shape index (κ3) is 4.64. The highest BCUT2D eigenvalue weighted by molar-refractivity contribution is 5.44. The van der Waals surface area contributed by atoms with Crippen molar-refractivity contribution >= 4 is 0 Å². The van der Waals surface area contributed by atoms with Crippen molar-refractivity contribution in [2.24, 2.45) is 0 Å². The summed E-state index contributed by atoms with van der Waals surface area (Å²) < 4.78 is 12.0. The number of rotatable bonds is 7. The molecule has 3 nitrogen and oxygen atoms in total. The van der Waals surface area contributed by atoms with Gasteiger partial charge in [0, 0.05) is 24.1 Å². The summed E-state index contributed by atoms with van der Waals surface area (Å²) in [6, 6.07) is 6.61. The molecule has 3 heteroatoms. The molecule has 1 heterocycles. The Morgan fingerprint density at radius 3 is 2.77 bits per heavy atom. The first-order valence-corrected chi connectivity index (χ1v) is 8.64. The SMILES string of the molecule is CCCCCNC1CC(C)(C)Oc2cc(OC(C)C)ccc21. The van der Waals surface area contributed by atoms with Gasteiger partial charge in [-0.05, 0) is 46.7 Å². The fourth-order valence-corrected chi connectivity index (χ4v) is 3.01. The smallest absolute Gasteiger partial charge is 0.128 e. The fraction of sp³-hybridized carbons (Fsp3) is 0.684. The van der Waals surface area contributed by atoms with Crippen molar-refractivity contribution < 1.29 is 9.47 Å². The molecular weight excluding hydrogens is 274 g/mol. The maximum absolute atomic E-state index is 6.18. The van der Waals surface area contributed by atoms with Gasteiger partial charge in [0.1, 0.15) is 17.1 Å². The maximum Gasteiger partial charge on any atom is 0.128 e. The van der Waals surface area contributed by atoms with E-state index in [-0.39, 0.29) is 11.7 Å². The van der Waals surface area contributed by atoms with Crippen molar-refractivity contribution in [2.45, 2.75) is 78.0 Å². The molecule has 1 aliphatic rings. The van der Waals surface area contributed by atoms with Crippen molar-refractivity contribution in [1.82, 2.24) is 5.32 Å². The largest absolute Gasteiger partial charge is 0.491 e. The molecule has 124 valence electrons. The molecule has 1 unspecified atom stereocenters. The average Bonchev–Trinajstić information content (AvgIpc) is 2.41. The fourth-order valence-electron chi connectivity index (χ4n) is 3.01. The van der Waals surface area contributed by atoms with Crippen LogP contribution in [0, 0.1) is 0 Å². The van der Waals surface area contributed by atoms with E-state index in [1.165, 1.54) is 24.8 Å². The first kappa shape index (κ1) is 17.1. The number of fused-ring (bicyclic) bond motifs is 1. The molecule has 0 aromatic heterocycles. The van der Waals surface area contributed by atoms with E-state index in [0.29, 0.717) is 6.04 Å². The molecule has 1 aromatic rings. The lowest BCUT2D eigenvalue weighted by Gasteiger charge is -2.38. The third-order valence-corrected chi connectivity index (χ3v) is 3.99. The van der Waals surface area contributed by atoms with Crippen LogP contribution in [0.25, 0.3) is 0 Å². The predicted molar refractivity (Wildman–Crippen MR) is 91.8 cm³/mol. The molecule has 1 N–H and O–H groups in total. The quantitative estimate of drug-likeness (QED) is 0.730. The number of hydrogen-bond acceptors (Lipinski definition) is 3. The van der Waals surface area contributed by atoms with Crippen molar-refractivity contribution in [3.63, 3.8) is 0 Å². The Kier molecular flexibility index (Phi) is 5.74. The van der Waals surface area contributed by atoms with Crippen molar-refractivity contribution in [3.8, 4) is 11.5 Å². The van der Waals surface area contributed by atoms with Gasteiger partial charge in [-0.2, -0.15) is 0 Å². The summed E-state index contributed by atoms with van der Waals surface area (Å²) in [6.45, 7) is 11.7. The topological polar surface area (TPSA) is 30.5 Å². The highest BCUT2D eigenvalue weighted by atomic mass is 16.5. The molecule has 0 radical (unpaired) electrons. The van der Waals surface area contributed by atoms with Gasteiger partial charge in [0.2, 0.25) is 0 Å². The third-order valence-electron chi connectivity index (χ3n) is 3.99. The van der Waals surface area contributed by atoms with Crippen molar-refractivity contribution in [3.05, 3.63) is 23.8 Å². The normalized spacial score (nSPS) is 19.6. The molecule has 0 spiro atoms. The lowest BCUT2D eigenvalue weighted by molar-refractivity contribution is 0.0655. The minimum atomic E-state index is -0.147.